The molecule has 0 radical (unpaired) electrons. The fourth-order valence-corrected chi connectivity index (χ4v) is 1.51. The number of aryl methyl sites for hydroxylation is 1. The van der Waals surface area contributed by atoms with E-state index in [9.17, 15) is 9.59 Å². The van der Waals surface area contributed by atoms with Crippen molar-refractivity contribution < 1.29 is 14.7 Å². The van der Waals surface area contributed by atoms with Gasteiger partial charge in [0.25, 0.3) is 0 Å². The minimum atomic E-state index is -1.05. The molecule has 1 rings (SSSR count). The first-order valence-corrected chi connectivity index (χ1v) is 5.97. The molecule has 1 amide bonds. The van der Waals surface area contributed by atoms with E-state index in [0.717, 1.165) is 6.42 Å². The molecule has 0 unspecified atom stereocenters. The second-order valence-corrected chi connectivity index (χ2v) is 4.96. The molecule has 1 aromatic rings. The van der Waals surface area contributed by atoms with Gasteiger partial charge in [-0.3, -0.25) is 9.59 Å². The Bertz CT molecular complexity index is 435. The highest BCUT2D eigenvalue weighted by Gasteiger charge is 2.30. The van der Waals surface area contributed by atoms with Crippen LogP contribution in [0.5, 0.6) is 0 Å². The second kappa shape index (κ2) is 5.67. The van der Waals surface area contributed by atoms with Crippen LogP contribution < -0.4 is 5.32 Å². The lowest BCUT2D eigenvalue weighted by atomic mass is 9.89. The van der Waals surface area contributed by atoms with Crippen LogP contribution in [0, 0.1) is 5.41 Å². The van der Waals surface area contributed by atoms with Gasteiger partial charge in [0.2, 0.25) is 5.91 Å². The summed E-state index contributed by atoms with van der Waals surface area (Å²) in [5.74, 6) is -1.26. The number of rotatable bonds is 5. The van der Waals surface area contributed by atoms with E-state index >= 15 is 0 Å². The van der Waals surface area contributed by atoms with Crippen molar-refractivity contribution in [3.63, 3.8) is 0 Å². The minimum absolute atomic E-state index is 0.0438. The van der Waals surface area contributed by atoms with Gasteiger partial charge in [0, 0.05) is 12.1 Å². The summed E-state index contributed by atoms with van der Waals surface area (Å²) in [7, 11) is 0. The lowest BCUT2D eigenvalue weighted by Gasteiger charge is -2.18. The molecule has 18 heavy (non-hydrogen) atoms. The third-order valence-corrected chi connectivity index (χ3v) is 2.83. The summed E-state index contributed by atoms with van der Waals surface area (Å²) >= 11 is 0. The topological polar surface area (TPSA) is 66.4 Å². The highest BCUT2D eigenvalue weighted by Crippen LogP contribution is 2.21. The number of hydrogen-bond donors (Lipinski definition) is 2. The molecule has 4 heteroatoms. The Morgan fingerprint density at radius 2 is 1.78 bits per heavy atom. The van der Waals surface area contributed by atoms with E-state index in [1.54, 1.807) is 0 Å². The van der Waals surface area contributed by atoms with Gasteiger partial charge in [-0.15, -0.1) is 0 Å². The number of carbonyl (C=O) groups excluding carboxylic acids is 1. The number of nitrogens with one attached hydrogen (secondary N) is 1. The van der Waals surface area contributed by atoms with Crippen LogP contribution in [0.1, 0.15) is 32.8 Å². The lowest BCUT2D eigenvalue weighted by molar-refractivity contribution is -0.148. The normalized spacial score (nSPS) is 11.1. The van der Waals surface area contributed by atoms with E-state index in [0.29, 0.717) is 5.69 Å². The number of carboxylic acid groups (broad SMARTS) is 1. The SMILES string of the molecule is CCc1ccc(NC(=O)CC(C)(C)C(=O)O)cc1. The summed E-state index contributed by atoms with van der Waals surface area (Å²) in [6, 6.07) is 7.53. The molecule has 0 aromatic heterocycles. The average molecular weight is 249 g/mol. The van der Waals surface area contributed by atoms with Crippen LogP contribution in [0.15, 0.2) is 24.3 Å². The Morgan fingerprint density at radius 3 is 2.22 bits per heavy atom. The Balaban J connectivity index is 2.62. The summed E-state index contributed by atoms with van der Waals surface area (Å²) in [5, 5.41) is 11.6. The van der Waals surface area contributed by atoms with Crippen molar-refractivity contribution in [3.8, 4) is 0 Å². The molecule has 0 saturated carbocycles. The van der Waals surface area contributed by atoms with Gasteiger partial charge in [-0.05, 0) is 38.0 Å². The zero-order chi connectivity index (χ0) is 13.8. The Morgan fingerprint density at radius 1 is 1.22 bits per heavy atom. The standard InChI is InChI=1S/C14H19NO3/c1-4-10-5-7-11(8-6-10)15-12(16)9-14(2,3)13(17)18/h5-8H,4,9H2,1-3H3,(H,15,16)(H,17,18). The molecular formula is C14H19NO3. The van der Waals surface area contributed by atoms with Gasteiger partial charge >= 0.3 is 5.97 Å². The third kappa shape index (κ3) is 3.87. The van der Waals surface area contributed by atoms with Gasteiger partial charge in [-0.1, -0.05) is 19.1 Å². The number of aliphatic carboxylic acids is 1. The molecule has 0 fully saturated rings. The van der Waals surface area contributed by atoms with Crippen LogP contribution in [0.3, 0.4) is 0 Å². The number of amides is 1. The van der Waals surface area contributed by atoms with E-state index in [1.807, 2.05) is 24.3 Å². The fourth-order valence-electron chi connectivity index (χ4n) is 1.51. The van der Waals surface area contributed by atoms with E-state index in [1.165, 1.54) is 19.4 Å². The fraction of sp³-hybridized carbons (Fsp3) is 0.429. The van der Waals surface area contributed by atoms with Gasteiger partial charge in [0.15, 0.2) is 0 Å². The summed E-state index contributed by atoms with van der Waals surface area (Å²) in [5.41, 5.74) is 0.838. The molecule has 0 aliphatic heterocycles. The summed E-state index contributed by atoms with van der Waals surface area (Å²) in [4.78, 5) is 22.6. The van der Waals surface area contributed by atoms with Crippen LogP contribution in [0.4, 0.5) is 5.69 Å². The first-order chi connectivity index (χ1) is 8.35. The molecule has 0 saturated heterocycles. The van der Waals surface area contributed by atoms with E-state index in [2.05, 4.69) is 12.2 Å². The third-order valence-electron chi connectivity index (χ3n) is 2.83. The van der Waals surface area contributed by atoms with Crippen molar-refractivity contribution in [1.29, 1.82) is 0 Å². The van der Waals surface area contributed by atoms with Gasteiger partial charge < -0.3 is 10.4 Å². The highest BCUT2D eigenvalue weighted by molar-refractivity contribution is 5.94. The Kier molecular flexibility index (Phi) is 4.48. The van der Waals surface area contributed by atoms with Gasteiger partial charge in [0.05, 0.1) is 5.41 Å². The summed E-state index contributed by atoms with van der Waals surface area (Å²) in [6.45, 7) is 5.13. The summed E-state index contributed by atoms with van der Waals surface area (Å²) < 4.78 is 0. The predicted octanol–water partition coefficient (Wildman–Crippen LogP) is 2.69. The maximum absolute atomic E-state index is 11.7. The number of carbonyl (C=O) groups is 2. The maximum atomic E-state index is 11.7. The van der Waals surface area contributed by atoms with Crippen molar-refractivity contribution in [2.45, 2.75) is 33.6 Å². The molecule has 0 heterocycles. The van der Waals surface area contributed by atoms with Crippen molar-refractivity contribution in [3.05, 3.63) is 29.8 Å². The molecule has 0 atom stereocenters. The van der Waals surface area contributed by atoms with Crippen LogP contribution in [-0.4, -0.2) is 17.0 Å². The van der Waals surface area contributed by atoms with Crippen molar-refractivity contribution in [1.82, 2.24) is 0 Å². The van der Waals surface area contributed by atoms with Crippen LogP contribution in [0.2, 0.25) is 0 Å². The molecule has 4 nitrogen and oxygen atoms in total. The minimum Gasteiger partial charge on any atom is -0.481 e. The largest absolute Gasteiger partial charge is 0.481 e. The number of benzene rings is 1. The molecule has 0 aliphatic rings. The van der Waals surface area contributed by atoms with Gasteiger partial charge in [-0.2, -0.15) is 0 Å². The van der Waals surface area contributed by atoms with E-state index in [-0.39, 0.29) is 12.3 Å². The number of hydrogen-bond acceptors (Lipinski definition) is 2. The first-order valence-electron chi connectivity index (χ1n) is 5.97. The zero-order valence-electron chi connectivity index (χ0n) is 11.0. The molecular weight excluding hydrogens is 230 g/mol. The van der Waals surface area contributed by atoms with Crippen molar-refractivity contribution in [2.75, 3.05) is 5.32 Å². The second-order valence-electron chi connectivity index (χ2n) is 4.96. The molecule has 0 spiro atoms. The Hall–Kier alpha value is -1.84. The number of anilines is 1. The zero-order valence-corrected chi connectivity index (χ0v) is 11.0. The van der Waals surface area contributed by atoms with Crippen molar-refractivity contribution in [2.24, 2.45) is 5.41 Å². The van der Waals surface area contributed by atoms with Crippen LogP contribution in [-0.2, 0) is 16.0 Å². The smallest absolute Gasteiger partial charge is 0.309 e. The van der Waals surface area contributed by atoms with Crippen LogP contribution in [0.25, 0.3) is 0 Å². The molecule has 1 aromatic carbocycles. The van der Waals surface area contributed by atoms with Gasteiger partial charge in [0.1, 0.15) is 0 Å². The predicted molar refractivity (Wildman–Crippen MR) is 70.5 cm³/mol. The van der Waals surface area contributed by atoms with Gasteiger partial charge in [-0.25, -0.2) is 0 Å². The maximum Gasteiger partial charge on any atom is 0.309 e. The first kappa shape index (κ1) is 14.2. The highest BCUT2D eigenvalue weighted by atomic mass is 16.4. The van der Waals surface area contributed by atoms with Crippen LogP contribution >= 0.6 is 0 Å². The lowest BCUT2D eigenvalue weighted by Crippen LogP contribution is -2.29. The quantitative estimate of drug-likeness (QED) is 0.843. The molecule has 0 aliphatic carbocycles. The molecule has 2 N–H and O–H groups in total. The molecule has 0 bridgehead atoms. The van der Waals surface area contributed by atoms with E-state index in [4.69, 9.17) is 5.11 Å². The Labute approximate surface area is 107 Å². The average Bonchev–Trinajstić information content (AvgIpc) is 2.29. The number of carboxylic acids is 1. The van der Waals surface area contributed by atoms with E-state index < -0.39 is 11.4 Å². The summed E-state index contributed by atoms with van der Waals surface area (Å²) in [6.07, 6.45) is 0.901. The monoisotopic (exact) mass is 249 g/mol. The molecule has 98 valence electrons. The van der Waals surface area contributed by atoms with Crippen molar-refractivity contribution >= 4 is 17.6 Å².